The van der Waals surface area contributed by atoms with Crippen LogP contribution in [0, 0.1) is 17.8 Å². The van der Waals surface area contributed by atoms with Crippen molar-refractivity contribution in [2.24, 2.45) is 23.5 Å². The van der Waals surface area contributed by atoms with Crippen molar-refractivity contribution >= 4 is 24.0 Å². The van der Waals surface area contributed by atoms with Gasteiger partial charge in [0.1, 0.15) is 0 Å². The molecule has 0 heterocycles. The molecule has 2 N–H and O–H groups in total. The predicted octanol–water partition coefficient (Wildman–Crippen LogP) is 4.24. The fraction of sp³-hybridized carbons (Fsp3) is 0.600. The average Bonchev–Trinajstić information content (AvgIpc) is 2.39. The normalized spacial score (nSPS) is 34.1. The van der Waals surface area contributed by atoms with Crippen LogP contribution in [-0.4, -0.2) is 6.54 Å². The van der Waals surface area contributed by atoms with E-state index in [2.05, 4.69) is 12.1 Å². The van der Waals surface area contributed by atoms with Crippen LogP contribution in [0.5, 0.6) is 0 Å². The molecular formula is C15H21Cl2N. The third kappa shape index (κ3) is 2.29. The quantitative estimate of drug-likeness (QED) is 0.864. The van der Waals surface area contributed by atoms with Crippen LogP contribution in [0.4, 0.5) is 0 Å². The summed E-state index contributed by atoms with van der Waals surface area (Å²) in [6.07, 6.45) is 5.51. The molecule has 3 heteroatoms. The molecule has 1 nitrogen and oxygen atoms in total. The molecule has 1 aromatic rings. The highest BCUT2D eigenvalue weighted by molar-refractivity contribution is 6.31. The molecule has 3 aliphatic carbocycles. The number of hydrogen-bond donors (Lipinski definition) is 1. The van der Waals surface area contributed by atoms with E-state index in [0.29, 0.717) is 11.8 Å². The second-order valence-electron chi connectivity index (χ2n) is 5.62. The Hall–Kier alpha value is -0.240. The van der Waals surface area contributed by atoms with Gasteiger partial charge in [0.25, 0.3) is 0 Å². The van der Waals surface area contributed by atoms with Crippen LogP contribution in [0.25, 0.3) is 0 Å². The monoisotopic (exact) mass is 285 g/mol. The zero-order valence-corrected chi connectivity index (χ0v) is 12.1. The van der Waals surface area contributed by atoms with Gasteiger partial charge in [0.05, 0.1) is 0 Å². The number of benzene rings is 1. The molecule has 0 spiro atoms. The molecule has 3 aliphatic rings. The summed E-state index contributed by atoms with van der Waals surface area (Å²) in [5, 5.41) is 0.934. The molecule has 0 unspecified atom stereocenters. The van der Waals surface area contributed by atoms with E-state index < -0.39 is 0 Å². The maximum absolute atomic E-state index is 6.38. The molecule has 100 valence electrons. The third-order valence-corrected chi connectivity index (χ3v) is 5.27. The highest BCUT2D eigenvalue weighted by atomic mass is 35.5. The lowest BCUT2D eigenvalue weighted by molar-refractivity contribution is 0.0732. The number of halogens is 2. The van der Waals surface area contributed by atoms with Crippen molar-refractivity contribution in [2.75, 3.05) is 6.54 Å². The first-order chi connectivity index (χ1) is 8.31. The van der Waals surface area contributed by atoms with Crippen LogP contribution < -0.4 is 5.73 Å². The topological polar surface area (TPSA) is 26.0 Å². The Kier molecular flexibility index (Phi) is 4.58. The summed E-state index contributed by atoms with van der Waals surface area (Å²) in [7, 11) is 0. The summed E-state index contributed by atoms with van der Waals surface area (Å²) in [4.78, 5) is 0. The minimum Gasteiger partial charge on any atom is -0.330 e. The maximum Gasteiger partial charge on any atom is 0.0441 e. The number of fused-ring (bicyclic) bond motifs is 3. The van der Waals surface area contributed by atoms with E-state index in [9.17, 15) is 0 Å². The van der Waals surface area contributed by atoms with Gasteiger partial charge >= 0.3 is 0 Å². The van der Waals surface area contributed by atoms with E-state index in [-0.39, 0.29) is 12.4 Å². The van der Waals surface area contributed by atoms with Gasteiger partial charge < -0.3 is 5.73 Å². The van der Waals surface area contributed by atoms with E-state index in [0.717, 1.165) is 23.4 Å². The highest BCUT2D eigenvalue weighted by Crippen LogP contribution is 2.53. The van der Waals surface area contributed by atoms with Crippen molar-refractivity contribution in [3.05, 3.63) is 34.9 Å². The standard InChI is InChI=1S/C15H20ClN.ClH/c16-14-4-2-1-3-12(14)15-11-7-5-10(6-8-11)13(15)9-17;/h1-4,10-11,13,15H,5-9,17H2;1H/t10?,11?,13-,15-;/m1./s1. The Balaban J connectivity index is 0.00000120. The van der Waals surface area contributed by atoms with E-state index in [1.165, 1.54) is 31.2 Å². The number of nitrogens with two attached hydrogens (primary N) is 1. The molecular weight excluding hydrogens is 265 g/mol. The largest absolute Gasteiger partial charge is 0.330 e. The van der Waals surface area contributed by atoms with Gasteiger partial charge in [-0.05, 0) is 67.5 Å². The highest BCUT2D eigenvalue weighted by Gasteiger charge is 2.43. The Bertz CT molecular complexity index is 399. The van der Waals surface area contributed by atoms with Crippen LogP contribution in [-0.2, 0) is 0 Å². The van der Waals surface area contributed by atoms with Crippen LogP contribution in [0.3, 0.4) is 0 Å². The van der Waals surface area contributed by atoms with Gasteiger partial charge in [0.15, 0.2) is 0 Å². The third-order valence-electron chi connectivity index (χ3n) is 4.93. The van der Waals surface area contributed by atoms with Gasteiger partial charge in [-0.2, -0.15) is 0 Å². The van der Waals surface area contributed by atoms with Crippen molar-refractivity contribution in [2.45, 2.75) is 31.6 Å². The molecule has 1 aromatic carbocycles. The molecule has 0 amide bonds. The second kappa shape index (κ2) is 5.81. The lowest BCUT2D eigenvalue weighted by atomic mass is 9.57. The van der Waals surface area contributed by atoms with Gasteiger partial charge in [-0.15, -0.1) is 12.4 Å². The van der Waals surface area contributed by atoms with Gasteiger partial charge in [0, 0.05) is 5.02 Å². The molecule has 3 fully saturated rings. The van der Waals surface area contributed by atoms with E-state index in [1.807, 2.05) is 12.1 Å². The first kappa shape index (κ1) is 14.2. The van der Waals surface area contributed by atoms with Crippen molar-refractivity contribution < 1.29 is 0 Å². The van der Waals surface area contributed by atoms with Gasteiger partial charge in [-0.3, -0.25) is 0 Å². The summed E-state index contributed by atoms with van der Waals surface area (Å²) < 4.78 is 0. The lowest BCUT2D eigenvalue weighted by Gasteiger charge is -2.49. The molecule has 0 aromatic heterocycles. The van der Waals surface area contributed by atoms with E-state index in [1.54, 1.807) is 0 Å². The molecule has 4 rings (SSSR count). The van der Waals surface area contributed by atoms with Crippen molar-refractivity contribution in [1.29, 1.82) is 0 Å². The van der Waals surface area contributed by atoms with Gasteiger partial charge in [-0.25, -0.2) is 0 Å². The number of rotatable bonds is 2. The molecule has 0 aliphatic heterocycles. The Morgan fingerprint density at radius 2 is 1.67 bits per heavy atom. The van der Waals surface area contributed by atoms with Crippen molar-refractivity contribution in [1.82, 2.24) is 0 Å². The van der Waals surface area contributed by atoms with Crippen LogP contribution >= 0.6 is 24.0 Å². The molecule has 2 bridgehead atoms. The predicted molar refractivity (Wildman–Crippen MR) is 79.4 cm³/mol. The van der Waals surface area contributed by atoms with E-state index >= 15 is 0 Å². The SMILES string of the molecule is Cl.NC[C@@H]1C2CCC(CC2)[C@@H]1c1ccccc1Cl. The maximum atomic E-state index is 6.38. The molecule has 0 radical (unpaired) electrons. The Morgan fingerprint density at radius 3 is 2.28 bits per heavy atom. The van der Waals surface area contributed by atoms with Gasteiger partial charge in [0.2, 0.25) is 0 Å². The Morgan fingerprint density at radius 1 is 1.06 bits per heavy atom. The minimum absolute atomic E-state index is 0. The minimum atomic E-state index is 0. The number of hydrogen-bond acceptors (Lipinski definition) is 1. The summed E-state index contributed by atoms with van der Waals surface area (Å²) in [6, 6.07) is 8.35. The average molecular weight is 286 g/mol. The van der Waals surface area contributed by atoms with Crippen LogP contribution in [0.2, 0.25) is 5.02 Å². The zero-order valence-electron chi connectivity index (χ0n) is 10.5. The molecule has 2 atom stereocenters. The summed E-state index contributed by atoms with van der Waals surface area (Å²) in [6.45, 7) is 0.817. The fourth-order valence-corrected chi connectivity index (χ4v) is 4.41. The van der Waals surface area contributed by atoms with Crippen LogP contribution in [0.15, 0.2) is 24.3 Å². The smallest absolute Gasteiger partial charge is 0.0441 e. The summed E-state index contributed by atoms with van der Waals surface area (Å²) >= 11 is 6.38. The fourth-order valence-electron chi connectivity index (χ4n) is 4.14. The lowest BCUT2D eigenvalue weighted by Crippen LogP contribution is -2.42. The Labute approximate surface area is 121 Å². The van der Waals surface area contributed by atoms with Crippen LogP contribution in [0.1, 0.15) is 37.2 Å². The molecule has 0 saturated heterocycles. The second-order valence-corrected chi connectivity index (χ2v) is 6.03. The summed E-state index contributed by atoms with van der Waals surface area (Å²) in [5.74, 6) is 2.92. The van der Waals surface area contributed by atoms with Crippen molar-refractivity contribution in [3.63, 3.8) is 0 Å². The first-order valence-corrected chi connectivity index (χ1v) is 7.13. The van der Waals surface area contributed by atoms with Crippen molar-refractivity contribution in [3.8, 4) is 0 Å². The van der Waals surface area contributed by atoms with Gasteiger partial charge in [-0.1, -0.05) is 29.8 Å². The molecule has 18 heavy (non-hydrogen) atoms. The van der Waals surface area contributed by atoms with E-state index in [4.69, 9.17) is 17.3 Å². The first-order valence-electron chi connectivity index (χ1n) is 6.75. The zero-order chi connectivity index (χ0) is 11.8. The molecule has 3 saturated carbocycles. The summed E-state index contributed by atoms with van der Waals surface area (Å²) in [5.41, 5.74) is 7.37.